The molecule has 0 bridgehead atoms. The standard InChI is InChI=1S/C12H21F2N/c1-15-12(10(13)14)8-6-11(7-9-12)4-2-3-5-11/h10,15H,2-9H2,1H3. The van der Waals surface area contributed by atoms with Gasteiger partial charge in [-0.25, -0.2) is 8.78 Å². The van der Waals surface area contributed by atoms with Crippen LogP contribution < -0.4 is 5.32 Å². The molecule has 15 heavy (non-hydrogen) atoms. The first-order chi connectivity index (χ1) is 7.13. The predicted molar refractivity (Wildman–Crippen MR) is 57.2 cm³/mol. The van der Waals surface area contributed by atoms with E-state index in [0.717, 1.165) is 12.8 Å². The van der Waals surface area contributed by atoms with Gasteiger partial charge in [0.05, 0.1) is 5.54 Å². The van der Waals surface area contributed by atoms with Gasteiger partial charge < -0.3 is 5.32 Å². The van der Waals surface area contributed by atoms with Gasteiger partial charge in [0.2, 0.25) is 0 Å². The number of alkyl halides is 2. The molecule has 2 aliphatic carbocycles. The summed E-state index contributed by atoms with van der Waals surface area (Å²) >= 11 is 0. The maximum atomic E-state index is 13.0. The lowest BCUT2D eigenvalue weighted by molar-refractivity contribution is -0.0155. The Morgan fingerprint density at radius 3 is 1.87 bits per heavy atom. The van der Waals surface area contributed by atoms with Crippen molar-refractivity contribution < 1.29 is 8.78 Å². The zero-order valence-corrected chi connectivity index (χ0v) is 9.49. The molecule has 0 unspecified atom stereocenters. The van der Waals surface area contributed by atoms with E-state index in [9.17, 15) is 8.78 Å². The van der Waals surface area contributed by atoms with E-state index in [0.29, 0.717) is 18.3 Å². The van der Waals surface area contributed by atoms with Gasteiger partial charge in [0.1, 0.15) is 0 Å². The third-order valence-electron chi connectivity index (χ3n) is 4.78. The molecule has 1 N–H and O–H groups in total. The molecular formula is C12H21F2N. The quantitative estimate of drug-likeness (QED) is 0.748. The van der Waals surface area contributed by atoms with E-state index >= 15 is 0 Å². The van der Waals surface area contributed by atoms with E-state index in [2.05, 4.69) is 5.32 Å². The number of hydrogen-bond donors (Lipinski definition) is 1. The van der Waals surface area contributed by atoms with Gasteiger partial charge in [0.25, 0.3) is 6.43 Å². The van der Waals surface area contributed by atoms with E-state index in [1.165, 1.54) is 25.7 Å². The number of rotatable bonds is 2. The van der Waals surface area contributed by atoms with Gasteiger partial charge in [-0.3, -0.25) is 0 Å². The van der Waals surface area contributed by atoms with Crippen LogP contribution in [0.5, 0.6) is 0 Å². The van der Waals surface area contributed by atoms with E-state index in [1.54, 1.807) is 7.05 Å². The molecule has 88 valence electrons. The lowest BCUT2D eigenvalue weighted by Gasteiger charge is -2.44. The molecule has 2 aliphatic rings. The summed E-state index contributed by atoms with van der Waals surface area (Å²) in [6.07, 6.45) is 6.24. The van der Waals surface area contributed by atoms with Crippen LogP contribution in [-0.2, 0) is 0 Å². The summed E-state index contributed by atoms with van der Waals surface area (Å²) in [5, 5.41) is 2.87. The van der Waals surface area contributed by atoms with Gasteiger partial charge in [0, 0.05) is 0 Å². The molecular weight excluding hydrogens is 196 g/mol. The van der Waals surface area contributed by atoms with Crippen molar-refractivity contribution >= 4 is 0 Å². The largest absolute Gasteiger partial charge is 0.309 e. The molecule has 0 heterocycles. The van der Waals surface area contributed by atoms with Crippen LogP contribution >= 0.6 is 0 Å². The fourth-order valence-corrected chi connectivity index (χ4v) is 3.43. The van der Waals surface area contributed by atoms with Crippen molar-refractivity contribution in [2.75, 3.05) is 7.05 Å². The molecule has 0 aromatic carbocycles. The number of hydrogen-bond acceptors (Lipinski definition) is 1. The molecule has 0 amide bonds. The fraction of sp³-hybridized carbons (Fsp3) is 1.00. The first-order valence-electron chi connectivity index (χ1n) is 6.10. The lowest BCUT2D eigenvalue weighted by atomic mass is 9.66. The Kier molecular flexibility index (Phi) is 3.02. The summed E-state index contributed by atoms with van der Waals surface area (Å²) in [5.74, 6) is 0. The average molecular weight is 217 g/mol. The normalized spacial score (nSPS) is 28.8. The molecule has 0 radical (unpaired) electrons. The molecule has 0 aromatic heterocycles. The van der Waals surface area contributed by atoms with Crippen LogP contribution in [0.3, 0.4) is 0 Å². The molecule has 0 aliphatic heterocycles. The molecule has 1 spiro atoms. The highest BCUT2D eigenvalue weighted by atomic mass is 19.3. The molecule has 1 nitrogen and oxygen atoms in total. The topological polar surface area (TPSA) is 12.0 Å². The number of nitrogens with one attached hydrogen (secondary N) is 1. The van der Waals surface area contributed by atoms with Crippen LogP contribution in [0.15, 0.2) is 0 Å². The maximum absolute atomic E-state index is 13.0. The Bertz CT molecular complexity index is 212. The first kappa shape index (κ1) is 11.3. The van der Waals surface area contributed by atoms with Crippen molar-refractivity contribution in [1.82, 2.24) is 5.32 Å². The Morgan fingerprint density at radius 1 is 0.933 bits per heavy atom. The molecule has 2 rings (SSSR count). The second kappa shape index (κ2) is 4.00. The van der Waals surface area contributed by atoms with Gasteiger partial charge in [-0.2, -0.15) is 0 Å². The van der Waals surface area contributed by atoms with Crippen LogP contribution in [0.1, 0.15) is 51.4 Å². The van der Waals surface area contributed by atoms with Gasteiger partial charge >= 0.3 is 0 Å². The van der Waals surface area contributed by atoms with Crippen LogP contribution in [0.2, 0.25) is 0 Å². The maximum Gasteiger partial charge on any atom is 0.256 e. The van der Waals surface area contributed by atoms with E-state index in [-0.39, 0.29) is 0 Å². The summed E-state index contributed by atoms with van der Waals surface area (Å²) in [4.78, 5) is 0. The van der Waals surface area contributed by atoms with E-state index < -0.39 is 12.0 Å². The molecule has 0 atom stereocenters. The highest BCUT2D eigenvalue weighted by molar-refractivity contribution is 5.00. The van der Waals surface area contributed by atoms with Gasteiger partial charge in [0.15, 0.2) is 0 Å². The summed E-state index contributed by atoms with van der Waals surface area (Å²) in [6, 6.07) is 0. The molecule has 2 saturated carbocycles. The third-order valence-corrected chi connectivity index (χ3v) is 4.78. The Hall–Kier alpha value is -0.180. The zero-order chi connectivity index (χ0) is 10.9. The summed E-state index contributed by atoms with van der Waals surface area (Å²) in [6.45, 7) is 0. The SMILES string of the molecule is CNC1(C(F)F)CCC2(CCCC2)CC1. The zero-order valence-electron chi connectivity index (χ0n) is 9.49. The molecule has 0 saturated heterocycles. The van der Waals surface area contributed by atoms with Crippen LogP contribution in [0.25, 0.3) is 0 Å². The van der Waals surface area contributed by atoms with Crippen molar-refractivity contribution in [3.8, 4) is 0 Å². The second-order valence-corrected chi connectivity index (χ2v) is 5.41. The highest BCUT2D eigenvalue weighted by Gasteiger charge is 2.47. The minimum absolute atomic E-state index is 0.440. The van der Waals surface area contributed by atoms with Crippen molar-refractivity contribution in [2.24, 2.45) is 5.41 Å². The third kappa shape index (κ3) is 1.91. The predicted octanol–water partition coefficient (Wildman–Crippen LogP) is 3.34. The minimum Gasteiger partial charge on any atom is -0.309 e. The summed E-state index contributed by atoms with van der Waals surface area (Å²) in [7, 11) is 1.68. The Morgan fingerprint density at radius 2 is 1.47 bits per heavy atom. The lowest BCUT2D eigenvalue weighted by Crippen LogP contribution is -2.53. The van der Waals surface area contributed by atoms with Crippen LogP contribution in [-0.4, -0.2) is 19.0 Å². The molecule has 0 aromatic rings. The van der Waals surface area contributed by atoms with Crippen molar-refractivity contribution in [3.05, 3.63) is 0 Å². The van der Waals surface area contributed by atoms with Crippen molar-refractivity contribution in [2.45, 2.75) is 63.3 Å². The van der Waals surface area contributed by atoms with Crippen LogP contribution in [0, 0.1) is 5.41 Å². The van der Waals surface area contributed by atoms with Crippen molar-refractivity contribution in [1.29, 1.82) is 0 Å². The highest BCUT2D eigenvalue weighted by Crippen LogP contribution is 2.52. The fourth-order valence-electron chi connectivity index (χ4n) is 3.43. The Labute approximate surface area is 90.6 Å². The van der Waals surface area contributed by atoms with Gasteiger partial charge in [-0.1, -0.05) is 12.8 Å². The first-order valence-corrected chi connectivity index (χ1v) is 6.10. The minimum atomic E-state index is -2.22. The molecule has 3 heteroatoms. The number of halogens is 2. The Balaban J connectivity index is 2.01. The van der Waals surface area contributed by atoms with E-state index in [1.807, 2.05) is 0 Å². The summed E-state index contributed by atoms with van der Waals surface area (Å²) < 4.78 is 26.0. The summed E-state index contributed by atoms with van der Waals surface area (Å²) in [5.41, 5.74) is -0.441. The van der Waals surface area contributed by atoms with Crippen molar-refractivity contribution in [3.63, 3.8) is 0 Å². The second-order valence-electron chi connectivity index (χ2n) is 5.41. The average Bonchev–Trinajstić information content (AvgIpc) is 2.68. The van der Waals surface area contributed by atoms with Gasteiger partial charge in [-0.05, 0) is 51.0 Å². The van der Waals surface area contributed by atoms with E-state index in [4.69, 9.17) is 0 Å². The van der Waals surface area contributed by atoms with Gasteiger partial charge in [-0.15, -0.1) is 0 Å². The monoisotopic (exact) mass is 217 g/mol. The molecule has 2 fully saturated rings. The van der Waals surface area contributed by atoms with Crippen LogP contribution in [0.4, 0.5) is 8.78 Å². The smallest absolute Gasteiger partial charge is 0.256 e.